The van der Waals surface area contributed by atoms with Gasteiger partial charge in [0.1, 0.15) is 0 Å². The number of ketones is 1. The van der Waals surface area contributed by atoms with E-state index in [2.05, 4.69) is 56.9 Å². The fourth-order valence-corrected chi connectivity index (χ4v) is 6.40. The number of nitrogens with zero attached hydrogens (tertiary/aromatic N) is 2. The summed E-state index contributed by atoms with van der Waals surface area (Å²) in [7, 11) is -3.55. The number of aryl methyl sites for hydroxylation is 1. The summed E-state index contributed by atoms with van der Waals surface area (Å²) in [5.41, 5.74) is 5.17. The van der Waals surface area contributed by atoms with E-state index in [9.17, 15) is 13.2 Å². The van der Waals surface area contributed by atoms with Crippen LogP contribution in [0.15, 0.2) is 77.7 Å². The van der Waals surface area contributed by atoms with Gasteiger partial charge in [-0.25, -0.2) is 8.42 Å². The van der Waals surface area contributed by atoms with Gasteiger partial charge in [0.15, 0.2) is 5.78 Å². The zero-order valence-corrected chi connectivity index (χ0v) is 23.9. The van der Waals surface area contributed by atoms with E-state index in [4.69, 9.17) is 0 Å². The highest BCUT2D eigenvalue weighted by Crippen LogP contribution is 2.27. The van der Waals surface area contributed by atoms with Crippen LogP contribution in [0, 0.1) is 0 Å². The zero-order valence-electron chi connectivity index (χ0n) is 23.1. The fourth-order valence-electron chi connectivity index (χ4n) is 4.98. The highest BCUT2D eigenvalue weighted by molar-refractivity contribution is 7.89. The second-order valence-electron chi connectivity index (χ2n) is 11.2. The summed E-state index contributed by atoms with van der Waals surface area (Å²) in [4.78, 5) is 15.8. The average molecular weight is 533 g/mol. The van der Waals surface area contributed by atoms with Crippen LogP contribution in [-0.4, -0.2) is 42.0 Å². The largest absolute Gasteiger partial charge is 0.294 e. The molecule has 202 valence electrons. The summed E-state index contributed by atoms with van der Waals surface area (Å²) >= 11 is 0. The lowest BCUT2D eigenvalue weighted by Gasteiger charge is -2.35. The Balaban J connectivity index is 1.37. The maximum Gasteiger partial charge on any atom is 0.243 e. The highest BCUT2D eigenvalue weighted by atomic mass is 32.2. The predicted molar refractivity (Wildman–Crippen MR) is 154 cm³/mol. The summed E-state index contributed by atoms with van der Waals surface area (Å²) in [5, 5.41) is 0. The molecule has 0 saturated heterocycles. The third-order valence-corrected chi connectivity index (χ3v) is 9.33. The van der Waals surface area contributed by atoms with Crippen LogP contribution in [0.5, 0.6) is 0 Å². The molecule has 1 heterocycles. The van der Waals surface area contributed by atoms with Crippen molar-refractivity contribution >= 4 is 15.8 Å². The van der Waals surface area contributed by atoms with Gasteiger partial charge in [-0.05, 0) is 87.0 Å². The minimum absolute atomic E-state index is 0.00889. The van der Waals surface area contributed by atoms with Crippen molar-refractivity contribution < 1.29 is 13.2 Å². The standard InChI is InChI=1S/C32H40N2O3S/c1-5-25-13-17-30(18-14-25)38(36,37)34-21-19-27-22-28(15-16-29(27)24-34)31(35)12-9-20-33(32(2,3)4)23-26-10-7-6-8-11-26/h6-8,10-11,13-18,22H,5,9,12,19-21,23-24H2,1-4H3. The van der Waals surface area contributed by atoms with Crippen LogP contribution in [0.2, 0.25) is 0 Å². The monoisotopic (exact) mass is 532 g/mol. The average Bonchev–Trinajstić information content (AvgIpc) is 2.91. The highest BCUT2D eigenvalue weighted by Gasteiger charge is 2.29. The van der Waals surface area contributed by atoms with E-state index in [1.54, 1.807) is 16.4 Å². The summed E-state index contributed by atoms with van der Waals surface area (Å²) in [6, 6.07) is 23.4. The van der Waals surface area contributed by atoms with Crippen LogP contribution in [0.3, 0.4) is 0 Å². The number of fused-ring (bicyclic) bond motifs is 1. The van der Waals surface area contributed by atoms with Crippen molar-refractivity contribution in [2.45, 2.75) is 76.9 Å². The Morgan fingerprint density at radius 1 is 0.921 bits per heavy atom. The van der Waals surface area contributed by atoms with Crippen molar-refractivity contribution in [1.29, 1.82) is 0 Å². The lowest BCUT2D eigenvalue weighted by atomic mass is 9.95. The molecular formula is C32H40N2O3S. The summed E-state index contributed by atoms with van der Waals surface area (Å²) in [6.45, 7) is 11.2. The summed E-state index contributed by atoms with van der Waals surface area (Å²) in [6.07, 6.45) is 2.77. The molecule has 0 aliphatic carbocycles. The lowest BCUT2D eigenvalue weighted by Crippen LogP contribution is -2.41. The first kappa shape index (κ1) is 28.2. The van der Waals surface area contributed by atoms with E-state index >= 15 is 0 Å². The fraction of sp³-hybridized carbons (Fsp3) is 0.406. The molecule has 0 spiro atoms. The molecule has 0 bridgehead atoms. The van der Waals surface area contributed by atoms with Gasteiger partial charge in [0.25, 0.3) is 0 Å². The number of hydrogen-bond acceptors (Lipinski definition) is 4. The molecule has 0 saturated carbocycles. The molecule has 6 heteroatoms. The van der Waals surface area contributed by atoms with Crippen molar-refractivity contribution in [3.8, 4) is 0 Å². The second kappa shape index (κ2) is 11.9. The second-order valence-corrected chi connectivity index (χ2v) is 13.1. The van der Waals surface area contributed by atoms with Gasteiger partial charge in [-0.15, -0.1) is 0 Å². The van der Waals surface area contributed by atoms with Crippen molar-refractivity contribution in [2.75, 3.05) is 13.1 Å². The first-order valence-corrected chi connectivity index (χ1v) is 15.0. The Labute approximate surface area is 228 Å². The maximum absolute atomic E-state index is 13.2. The number of carbonyl (C=O) groups excluding carboxylic acids is 1. The van der Waals surface area contributed by atoms with E-state index in [1.807, 2.05) is 36.4 Å². The molecule has 1 aliphatic rings. The number of benzene rings is 3. The molecular weight excluding hydrogens is 492 g/mol. The lowest BCUT2D eigenvalue weighted by molar-refractivity contribution is 0.0945. The van der Waals surface area contributed by atoms with Gasteiger partial charge in [0, 0.05) is 37.2 Å². The van der Waals surface area contributed by atoms with Crippen molar-refractivity contribution in [3.63, 3.8) is 0 Å². The summed E-state index contributed by atoms with van der Waals surface area (Å²) in [5.74, 6) is 0.146. The summed E-state index contributed by atoms with van der Waals surface area (Å²) < 4.78 is 27.9. The minimum Gasteiger partial charge on any atom is -0.294 e. The van der Waals surface area contributed by atoms with Crippen LogP contribution in [0.4, 0.5) is 0 Å². The molecule has 3 aromatic rings. The Hall–Kier alpha value is -2.80. The SMILES string of the molecule is CCc1ccc(S(=O)(=O)N2CCc3cc(C(=O)CCCN(Cc4ccccc4)C(C)(C)C)ccc3C2)cc1. The molecule has 0 N–H and O–H groups in total. The van der Waals surface area contributed by atoms with Crippen LogP contribution in [-0.2, 0) is 36.0 Å². The number of Topliss-reactive ketones (excluding diaryl/α,β-unsaturated/α-hetero) is 1. The van der Waals surface area contributed by atoms with Crippen LogP contribution < -0.4 is 0 Å². The molecule has 5 nitrogen and oxygen atoms in total. The van der Waals surface area contributed by atoms with Gasteiger partial charge in [-0.2, -0.15) is 4.31 Å². The smallest absolute Gasteiger partial charge is 0.243 e. The number of sulfonamides is 1. The maximum atomic E-state index is 13.2. The topological polar surface area (TPSA) is 57.7 Å². The van der Waals surface area contributed by atoms with E-state index in [0.717, 1.165) is 48.2 Å². The normalized spacial score (nSPS) is 14.4. The molecule has 0 unspecified atom stereocenters. The quantitative estimate of drug-likeness (QED) is 0.289. The predicted octanol–water partition coefficient (Wildman–Crippen LogP) is 6.26. The zero-order chi connectivity index (χ0) is 27.3. The van der Waals surface area contributed by atoms with Gasteiger partial charge < -0.3 is 0 Å². The Bertz CT molecular complexity index is 1340. The molecule has 0 atom stereocenters. The number of rotatable bonds is 10. The third-order valence-electron chi connectivity index (χ3n) is 7.47. The first-order valence-electron chi connectivity index (χ1n) is 13.6. The molecule has 0 radical (unpaired) electrons. The van der Waals surface area contributed by atoms with Gasteiger partial charge in [-0.3, -0.25) is 9.69 Å². The van der Waals surface area contributed by atoms with Gasteiger partial charge in [0.05, 0.1) is 4.90 Å². The molecule has 0 aromatic heterocycles. The third kappa shape index (κ3) is 6.79. The Morgan fingerprint density at radius 3 is 2.29 bits per heavy atom. The van der Waals surface area contributed by atoms with Gasteiger partial charge in [0.2, 0.25) is 10.0 Å². The van der Waals surface area contributed by atoms with Crippen LogP contribution >= 0.6 is 0 Å². The van der Waals surface area contributed by atoms with Crippen molar-refractivity contribution in [3.05, 3.63) is 101 Å². The molecule has 1 aliphatic heterocycles. The van der Waals surface area contributed by atoms with Crippen molar-refractivity contribution in [1.82, 2.24) is 9.21 Å². The molecule has 0 amide bonds. The van der Waals surface area contributed by atoms with Gasteiger partial charge >= 0.3 is 0 Å². The Morgan fingerprint density at radius 2 is 1.63 bits per heavy atom. The molecule has 4 rings (SSSR count). The number of hydrogen-bond donors (Lipinski definition) is 0. The van der Waals surface area contributed by atoms with E-state index in [0.29, 0.717) is 30.8 Å². The molecule has 3 aromatic carbocycles. The molecule has 38 heavy (non-hydrogen) atoms. The number of carbonyl (C=O) groups is 1. The van der Waals surface area contributed by atoms with E-state index in [-0.39, 0.29) is 11.3 Å². The van der Waals surface area contributed by atoms with Crippen molar-refractivity contribution in [2.24, 2.45) is 0 Å². The minimum atomic E-state index is -3.55. The van der Waals surface area contributed by atoms with Crippen LogP contribution in [0.1, 0.15) is 73.1 Å². The van der Waals surface area contributed by atoms with Gasteiger partial charge in [-0.1, -0.05) is 61.5 Å². The van der Waals surface area contributed by atoms with Crippen LogP contribution in [0.25, 0.3) is 0 Å². The first-order chi connectivity index (χ1) is 18.1. The van der Waals surface area contributed by atoms with E-state index in [1.165, 1.54) is 5.56 Å². The Kier molecular flexibility index (Phi) is 8.86. The molecule has 0 fully saturated rings. The van der Waals surface area contributed by atoms with E-state index < -0.39 is 10.0 Å².